The molecule has 0 unspecified atom stereocenters. The Balaban J connectivity index is 1.51. The zero-order valence-corrected chi connectivity index (χ0v) is 16.2. The minimum Gasteiger partial charge on any atom is -0.497 e. The Morgan fingerprint density at radius 3 is 2.83 bits per heavy atom. The first-order chi connectivity index (χ1) is 14.1. The molecule has 0 radical (unpaired) electrons. The zero-order chi connectivity index (χ0) is 20.2. The maximum Gasteiger partial charge on any atom is 0.263 e. The molecule has 0 saturated heterocycles. The lowest BCUT2D eigenvalue weighted by Crippen LogP contribution is -2.20. The standard InChI is InChI=1S/C22H21N3O4/c1-15-10-21(24-29-15)23-22(26)14-28-20-13-25(19-9-4-3-8-18(19)20)12-16-6-5-7-17(11-16)27-2/h3-11,13H,12,14H2,1-2H3,(H,23,24,26). The molecule has 0 aliphatic heterocycles. The number of anilines is 1. The highest BCUT2D eigenvalue weighted by atomic mass is 16.5. The summed E-state index contributed by atoms with van der Waals surface area (Å²) in [6, 6.07) is 17.5. The highest BCUT2D eigenvalue weighted by Crippen LogP contribution is 2.29. The molecule has 4 aromatic rings. The van der Waals surface area contributed by atoms with Crippen molar-refractivity contribution in [2.45, 2.75) is 13.5 Å². The summed E-state index contributed by atoms with van der Waals surface area (Å²) in [7, 11) is 1.65. The first-order valence-corrected chi connectivity index (χ1v) is 9.19. The molecule has 2 aromatic heterocycles. The van der Waals surface area contributed by atoms with E-state index in [1.165, 1.54) is 0 Å². The lowest BCUT2D eigenvalue weighted by Gasteiger charge is -2.07. The van der Waals surface area contributed by atoms with Gasteiger partial charge in [0, 0.05) is 24.2 Å². The van der Waals surface area contributed by atoms with Crippen LogP contribution >= 0.6 is 0 Å². The number of carbonyl (C=O) groups excluding carboxylic acids is 1. The van der Waals surface area contributed by atoms with Crippen molar-refractivity contribution in [2.75, 3.05) is 19.0 Å². The van der Waals surface area contributed by atoms with Crippen molar-refractivity contribution in [1.29, 1.82) is 0 Å². The van der Waals surface area contributed by atoms with Crippen LogP contribution in [0.2, 0.25) is 0 Å². The number of nitrogens with one attached hydrogen (secondary N) is 1. The van der Waals surface area contributed by atoms with Crippen LogP contribution in [0.1, 0.15) is 11.3 Å². The molecule has 0 saturated carbocycles. The Hall–Kier alpha value is -3.74. The Kier molecular flexibility index (Phi) is 5.20. The molecule has 7 heteroatoms. The SMILES string of the molecule is COc1cccc(Cn2cc(OCC(=O)Nc3cc(C)on3)c3ccccc32)c1. The average Bonchev–Trinajstić information content (AvgIpc) is 3.30. The first-order valence-electron chi connectivity index (χ1n) is 9.19. The van der Waals surface area contributed by atoms with Gasteiger partial charge in [-0.25, -0.2) is 0 Å². The fourth-order valence-corrected chi connectivity index (χ4v) is 3.17. The molecule has 1 amide bonds. The summed E-state index contributed by atoms with van der Waals surface area (Å²) in [5.74, 6) is 2.16. The van der Waals surface area contributed by atoms with E-state index in [9.17, 15) is 4.79 Å². The van der Waals surface area contributed by atoms with E-state index in [-0.39, 0.29) is 12.5 Å². The predicted octanol–water partition coefficient (Wildman–Crippen LogP) is 4.01. The van der Waals surface area contributed by atoms with Gasteiger partial charge in [0.1, 0.15) is 17.3 Å². The largest absolute Gasteiger partial charge is 0.497 e. The number of amides is 1. The van der Waals surface area contributed by atoms with Gasteiger partial charge in [0.2, 0.25) is 0 Å². The summed E-state index contributed by atoms with van der Waals surface area (Å²) in [4.78, 5) is 12.2. The van der Waals surface area contributed by atoms with Crippen molar-refractivity contribution >= 4 is 22.6 Å². The molecular formula is C22H21N3O4. The Bertz CT molecular complexity index is 1150. The smallest absolute Gasteiger partial charge is 0.263 e. The quantitative estimate of drug-likeness (QED) is 0.515. The molecule has 0 fully saturated rings. The van der Waals surface area contributed by atoms with Gasteiger partial charge in [-0.2, -0.15) is 0 Å². The Morgan fingerprint density at radius 2 is 2.03 bits per heavy atom. The number of fused-ring (bicyclic) bond motifs is 1. The van der Waals surface area contributed by atoms with Crippen LogP contribution in [-0.2, 0) is 11.3 Å². The minimum atomic E-state index is -0.303. The number of aromatic nitrogens is 2. The van der Waals surface area contributed by atoms with Crippen molar-refractivity contribution in [3.8, 4) is 11.5 Å². The second-order valence-corrected chi connectivity index (χ2v) is 6.65. The third-order valence-electron chi connectivity index (χ3n) is 4.49. The summed E-state index contributed by atoms with van der Waals surface area (Å²) >= 11 is 0. The van der Waals surface area contributed by atoms with Crippen molar-refractivity contribution in [2.24, 2.45) is 0 Å². The number of rotatable bonds is 7. The van der Waals surface area contributed by atoms with Crippen LogP contribution < -0.4 is 14.8 Å². The van der Waals surface area contributed by atoms with Gasteiger partial charge in [0.25, 0.3) is 5.91 Å². The second-order valence-electron chi connectivity index (χ2n) is 6.65. The van der Waals surface area contributed by atoms with Gasteiger partial charge in [-0.3, -0.25) is 4.79 Å². The van der Waals surface area contributed by atoms with Crippen LogP contribution in [0.5, 0.6) is 11.5 Å². The molecule has 2 heterocycles. The summed E-state index contributed by atoms with van der Waals surface area (Å²) in [5, 5.41) is 7.34. The summed E-state index contributed by atoms with van der Waals surface area (Å²) in [6.45, 7) is 2.29. The monoisotopic (exact) mass is 391 g/mol. The van der Waals surface area contributed by atoms with Gasteiger partial charge < -0.3 is 23.9 Å². The fourth-order valence-electron chi connectivity index (χ4n) is 3.17. The van der Waals surface area contributed by atoms with Gasteiger partial charge in [0.05, 0.1) is 12.6 Å². The first kappa shape index (κ1) is 18.6. The number of aryl methyl sites for hydroxylation is 1. The molecule has 29 heavy (non-hydrogen) atoms. The number of carbonyl (C=O) groups is 1. The van der Waals surface area contributed by atoms with Crippen LogP contribution in [0, 0.1) is 6.92 Å². The van der Waals surface area contributed by atoms with Crippen LogP contribution in [0.3, 0.4) is 0 Å². The van der Waals surface area contributed by atoms with Crippen LogP contribution in [-0.4, -0.2) is 29.3 Å². The number of benzene rings is 2. The van der Waals surface area contributed by atoms with Gasteiger partial charge >= 0.3 is 0 Å². The van der Waals surface area contributed by atoms with Crippen molar-refractivity contribution in [3.63, 3.8) is 0 Å². The van der Waals surface area contributed by atoms with Gasteiger partial charge in [-0.15, -0.1) is 0 Å². The van der Waals surface area contributed by atoms with Crippen molar-refractivity contribution < 1.29 is 18.8 Å². The molecule has 148 valence electrons. The van der Waals surface area contributed by atoms with Gasteiger partial charge in [-0.1, -0.05) is 29.4 Å². The number of methoxy groups -OCH3 is 1. The lowest BCUT2D eigenvalue weighted by molar-refractivity contribution is -0.118. The topological polar surface area (TPSA) is 78.5 Å². The molecule has 7 nitrogen and oxygen atoms in total. The second kappa shape index (κ2) is 8.10. The molecule has 2 aromatic carbocycles. The predicted molar refractivity (Wildman–Crippen MR) is 109 cm³/mol. The van der Waals surface area contributed by atoms with Crippen LogP contribution in [0.15, 0.2) is 65.3 Å². The van der Waals surface area contributed by atoms with Gasteiger partial charge in [0.15, 0.2) is 12.4 Å². The van der Waals surface area contributed by atoms with Crippen molar-refractivity contribution in [1.82, 2.24) is 9.72 Å². The van der Waals surface area contributed by atoms with E-state index in [0.29, 0.717) is 23.9 Å². The van der Waals surface area contributed by atoms with Crippen molar-refractivity contribution in [3.05, 3.63) is 72.1 Å². The molecular weight excluding hydrogens is 370 g/mol. The Morgan fingerprint density at radius 1 is 1.17 bits per heavy atom. The zero-order valence-electron chi connectivity index (χ0n) is 16.2. The molecule has 0 atom stereocenters. The number of nitrogens with zero attached hydrogens (tertiary/aromatic N) is 2. The molecule has 0 bridgehead atoms. The van der Waals surface area contributed by atoms with E-state index >= 15 is 0 Å². The number of hydrogen-bond acceptors (Lipinski definition) is 5. The maximum atomic E-state index is 12.2. The normalized spacial score (nSPS) is 10.8. The minimum absolute atomic E-state index is 0.126. The lowest BCUT2D eigenvalue weighted by atomic mass is 10.2. The molecule has 0 spiro atoms. The third kappa shape index (κ3) is 4.24. The van der Waals surface area contributed by atoms with E-state index in [1.54, 1.807) is 20.1 Å². The summed E-state index contributed by atoms with van der Waals surface area (Å²) < 4.78 is 18.2. The van der Waals surface area contributed by atoms with Gasteiger partial charge in [-0.05, 0) is 36.8 Å². The molecule has 4 rings (SSSR count). The van der Waals surface area contributed by atoms with E-state index in [2.05, 4.69) is 15.0 Å². The van der Waals surface area contributed by atoms with E-state index in [1.807, 2.05) is 54.7 Å². The molecule has 1 N–H and O–H groups in total. The molecule has 0 aliphatic carbocycles. The number of para-hydroxylation sites is 1. The van der Waals surface area contributed by atoms with Crippen LogP contribution in [0.4, 0.5) is 5.82 Å². The average molecular weight is 391 g/mol. The molecule has 0 aliphatic rings. The fraction of sp³-hybridized carbons (Fsp3) is 0.182. The third-order valence-corrected chi connectivity index (χ3v) is 4.49. The van der Waals surface area contributed by atoms with E-state index in [0.717, 1.165) is 22.2 Å². The van der Waals surface area contributed by atoms with Crippen LogP contribution in [0.25, 0.3) is 10.9 Å². The Labute approximate surface area is 167 Å². The highest BCUT2D eigenvalue weighted by molar-refractivity contribution is 5.92. The summed E-state index contributed by atoms with van der Waals surface area (Å²) in [6.07, 6.45) is 1.91. The van der Waals surface area contributed by atoms with E-state index < -0.39 is 0 Å². The number of ether oxygens (including phenoxy) is 2. The van der Waals surface area contributed by atoms with E-state index in [4.69, 9.17) is 14.0 Å². The highest BCUT2D eigenvalue weighted by Gasteiger charge is 2.13. The summed E-state index contributed by atoms with van der Waals surface area (Å²) in [5.41, 5.74) is 2.13. The number of hydrogen-bond donors (Lipinski definition) is 1. The maximum absolute atomic E-state index is 12.2.